The molecular weight excluding hydrogens is 254 g/mol. The van der Waals surface area contributed by atoms with Crippen LogP contribution in [-0.2, 0) is 0 Å². The second kappa shape index (κ2) is 5.64. The molecule has 0 atom stereocenters. The van der Waals surface area contributed by atoms with Crippen LogP contribution in [0.4, 0.5) is 11.6 Å². The van der Waals surface area contributed by atoms with E-state index in [-0.39, 0.29) is 11.4 Å². The number of anilines is 2. The quantitative estimate of drug-likeness (QED) is 0.894. The summed E-state index contributed by atoms with van der Waals surface area (Å²) in [5.74, 6) is 0.371. The lowest BCUT2D eigenvalue weighted by Gasteiger charge is -2.20. The third kappa shape index (κ3) is 4.01. The van der Waals surface area contributed by atoms with Crippen molar-refractivity contribution in [2.45, 2.75) is 26.3 Å². The van der Waals surface area contributed by atoms with Crippen LogP contribution < -0.4 is 10.6 Å². The minimum atomic E-state index is -0.251. The summed E-state index contributed by atoms with van der Waals surface area (Å²) < 4.78 is 0. The number of nitrogens with zero attached hydrogens (tertiary/aromatic N) is 3. The molecule has 2 N–H and O–H groups in total. The smallest absolute Gasteiger partial charge is 0.251 e. The van der Waals surface area contributed by atoms with E-state index in [0.717, 1.165) is 5.69 Å². The summed E-state index contributed by atoms with van der Waals surface area (Å²) in [4.78, 5) is 23.6. The summed E-state index contributed by atoms with van der Waals surface area (Å²) in [6.07, 6.45) is 2.83. The normalized spacial score (nSPS) is 10.9. The Bertz CT molecular complexity index is 575. The Kier molecular flexibility index (Phi) is 3.93. The Morgan fingerprint density at radius 3 is 2.20 bits per heavy atom. The topological polar surface area (TPSA) is 79.8 Å². The van der Waals surface area contributed by atoms with E-state index in [2.05, 4.69) is 25.6 Å². The highest BCUT2D eigenvalue weighted by Gasteiger charge is 2.14. The molecule has 1 aromatic heterocycles. The molecular formula is C14H17N5O. The van der Waals surface area contributed by atoms with Crippen LogP contribution in [0.5, 0.6) is 0 Å². The minimum Gasteiger partial charge on any atom is -0.347 e. The molecule has 2 rings (SSSR count). The first-order valence-electron chi connectivity index (χ1n) is 6.26. The van der Waals surface area contributed by atoms with E-state index in [9.17, 15) is 4.79 Å². The number of amides is 1. The summed E-state index contributed by atoms with van der Waals surface area (Å²) in [6.45, 7) is 5.84. The van der Waals surface area contributed by atoms with Gasteiger partial charge in [-0.25, -0.2) is 15.0 Å². The molecule has 20 heavy (non-hydrogen) atoms. The van der Waals surface area contributed by atoms with Gasteiger partial charge in [-0.15, -0.1) is 0 Å². The summed E-state index contributed by atoms with van der Waals surface area (Å²) in [5, 5.41) is 5.94. The second-order valence-electron chi connectivity index (χ2n) is 5.37. The number of hydrogen-bond donors (Lipinski definition) is 2. The molecule has 104 valence electrons. The van der Waals surface area contributed by atoms with Gasteiger partial charge in [0.05, 0.1) is 0 Å². The zero-order valence-electron chi connectivity index (χ0n) is 11.7. The van der Waals surface area contributed by atoms with Crippen LogP contribution in [0.25, 0.3) is 0 Å². The maximum absolute atomic E-state index is 12.0. The van der Waals surface area contributed by atoms with E-state index in [1.165, 1.54) is 12.7 Å². The standard InChI is InChI=1S/C14H17N5O/c1-14(2,3)19-12(20)10-4-6-11(7-5-10)18-13-16-8-15-9-17-13/h4-9H,1-3H3,(H,19,20)(H,15,16,17,18). The van der Waals surface area contributed by atoms with Gasteiger partial charge in [-0.3, -0.25) is 4.79 Å². The minimum absolute atomic E-state index is 0.0933. The van der Waals surface area contributed by atoms with Crippen molar-refractivity contribution in [2.75, 3.05) is 5.32 Å². The van der Waals surface area contributed by atoms with Gasteiger partial charge in [0.2, 0.25) is 5.95 Å². The number of hydrogen-bond acceptors (Lipinski definition) is 5. The summed E-state index contributed by atoms with van der Waals surface area (Å²) in [7, 11) is 0. The van der Waals surface area contributed by atoms with Gasteiger partial charge < -0.3 is 10.6 Å². The lowest BCUT2D eigenvalue weighted by Crippen LogP contribution is -2.40. The largest absolute Gasteiger partial charge is 0.347 e. The fourth-order valence-corrected chi connectivity index (χ4v) is 1.55. The molecule has 0 unspecified atom stereocenters. The summed E-state index contributed by atoms with van der Waals surface area (Å²) in [5.41, 5.74) is 1.17. The van der Waals surface area contributed by atoms with Crippen molar-refractivity contribution in [2.24, 2.45) is 0 Å². The number of carbonyl (C=O) groups excluding carboxylic acids is 1. The van der Waals surface area contributed by atoms with E-state index in [4.69, 9.17) is 0 Å². The van der Waals surface area contributed by atoms with Gasteiger partial charge in [0, 0.05) is 16.8 Å². The lowest BCUT2D eigenvalue weighted by molar-refractivity contribution is 0.0919. The number of nitrogens with one attached hydrogen (secondary N) is 2. The van der Waals surface area contributed by atoms with Crippen LogP contribution in [0.15, 0.2) is 36.9 Å². The lowest BCUT2D eigenvalue weighted by atomic mass is 10.1. The van der Waals surface area contributed by atoms with Gasteiger partial charge >= 0.3 is 0 Å². The van der Waals surface area contributed by atoms with E-state index < -0.39 is 0 Å². The number of aromatic nitrogens is 3. The average molecular weight is 271 g/mol. The zero-order valence-corrected chi connectivity index (χ0v) is 11.7. The van der Waals surface area contributed by atoms with Crippen LogP contribution in [0.2, 0.25) is 0 Å². The predicted octanol–water partition coefficient (Wildman–Crippen LogP) is 2.14. The van der Waals surface area contributed by atoms with Gasteiger partial charge in [-0.2, -0.15) is 0 Å². The highest BCUT2D eigenvalue weighted by atomic mass is 16.1. The van der Waals surface area contributed by atoms with Crippen LogP contribution in [-0.4, -0.2) is 26.4 Å². The van der Waals surface area contributed by atoms with Crippen molar-refractivity contribution in [1.82, 2.24) is 20.3 Å². The number of rotatable bonds is 3. The molecule has 0 bridgehead atoms. The van der Waals surface area contributed by atoms with E-state index in [1.807, 2.05) is 20.8 Å². The first kappa shape index (κ1) is 13.9. The van der Waals surface area contributed by atoms with Gasteiger partial charge in [0.1, 0.15) is 12.7 Å². The molecule has 0 saturated carbocycles. The maximum atomic E-state index is 12.0. The van der Waals surface area contributed by atoms with Crippen LogP contribution >= 0.6 is 0 Å². The first-order valence-corrected chi connectivity index (χ1v) is 6.26. The second-order valence-corrected chi connectivity index (χ2v) is 5.37. The van der Waals surface area contributed by atoms with Crippen molar-refractivity contribution in [1.29, 1.82) is 0 Å². The molecule has 0 aliphatic carbocycles. The van der Waals surface area contributed by atoms with Gasteiger partial charge in [0.25, 0.3) is 5.91 Å². The highest BCUT2D eigenvalue weighted by molar-refractivity contribution is 5.95. The Hall–Kier alpha value is -2.50. The van der Waals surface area contributed by atoms with Crippen molar-refractivity contribution >= 4 is 17.5 Å². The van der Waals surface area contributed by atoms with Crippen LogP contribution in [0.3, 0.4) is 0 Å². The van der Waals surface area contributed by atoms with Gasteiger partial charge in [-0.05, 0) is 45.0 Å². The third-order valence-corrected chi connectivity index (χ3v) is 2.39. The van der Waals surface area contributed by atoms with E-state index >= 15 is 0 Å². The van der Waals surface area contributed by atoms with Crippen LogP contribution in [0.1, 0.15) is 31.1 Å². The third-order valence-electron chi connectivity index (χ3n) is 2.39. The molecule has 1 amide bonds. The fourth-order valence-electron chi connectivity index (χ4n) is 1.55. The summed E-state index contributed by atoms with van der Waals surface area (Å²) in [6, 6.07) is 7.12. The van der Waals surface area contributed by atoms with Crippen molar-refractivity contribution in [3.63, 3.8) is 0 Å². The average Bonchev–Trinajstić information content (AvgIpc) is 2.39. The fraction of sp³-hybridized carbons (Fsp3) is 0.286. The molecule has 6 nitrogen and oxygen atoms in total. The molecule has 0 saturated heterocycles. The van der Waals surface area contributed by atoms with Crippen molar-refractivity contribution in [3.05, 3.63) is 42.5 Å². The highest BCUT2D eigenvalue weighted by Crippen LogP contribution is 2.13. The van der Waals surface area contributed by atoms with Crippen molar-refractivity contribution in [3.8, 4) is 0 Å². The molecule has 0 aliphatic heterocycles. The Balaban J connectivity index is 2.05. The molecule has 1 heterocycles. The zero-order chi connectivity index (χ0) is 14.6. The number of carbonyl (C=O) groups is 1. The maximum Gasteiger partial charge on any atom is 0.251 e. The molecule has 0 aliphatic rings. The summed E-state index contributed by atoms with van der Waals surface area (Å²) >= 11 is 0. The monoisotopic (exact) mass is 271 g/mol. The van der Waals surface area contributed by atoms with Crippen molar-refractivity contribution < 1.29 is 4.79 Å². The molecule has 1 aromatic carbocycles. The Morgan fingerprint density at radius 1 is 1.05 bits per heavy atom. The van der Waals surface area contributed by atoms with Gasteiger partial charge in [0.15, 0.2) is 0 Å². The van der Waals surface area contributed by atoms with Crippen LogP contribution in [0, 0.1) is 0 Å². The molecule has 0 fully saturated rings. The van der Waals surface area contributed by atoms with E-state index in [0.29, 0.717) is 11.5 Å². The first-order chi connectivity index (χ1) is 9.44. The number of benzene rings is 1. The molecule has 0 radical (unpaired) electrons. The molecule has 0 spiro atoms. The van der Waals surface area contributed by atoms with E-state index in [1.54, 1.807) is 24.3 Å². The molecule has 6 heteroatoms. The Labute approximate surface area is 117 Å². The predicted molar refractivity (Wildman–Crippen MR) is 76.8 cm³/mol. The van der Waals surface area contributed by atoms with Gasteiger partial charge in [-0.1, -0.05) is 0 Å². The Morgan fingerprint density at radius 2 is 1.65 bits per heavy atom. The SMILES string of the molecule is CC(C)(C)NC(=O)c1ccc(Nc2ncncn2)cc1. The molecule has 2 aromatic rings.